The summed E-state index contributed by atoms with van der Waals surface area (Å²) >= 11 is 6.80. The fourth-order valence-corrected chi connectivity index (χ4v) is 5.67. The van der Waals surface area contributed by atoms with E-state index in [1.807, 2.05) is 12.7 Å². The zero-order valence-electron chi connectivity index (χ0n) is 22.8. The van der Waals surface area contributed by atoms with Crippen molar-refractivity contribution in [2.75, 3.05) is 13.1 Å². The first-order valence-corrected chi connectivity index (χ1v) is 20.5. The number of halogens is 2. The Bertz CT molecular complexity index is 651. The van der Waals surface area contributed by atoms with Gasteiger partial charge in [-0.2, -0.15) is 0 Å². The van der Waals surface area contributed by atoms with Crippen LogP contribution in [0.3, 0.4) is 0 Å². The third-order valence-corrected chi connectivity index (χ3v) is 8.01. The van der Waals surface area contributed by atoms with E-state index >= 15 is 0 Å². The van der Waals surface area contributed by atoms with Crippen LogP contribution in [0.15, 0.2) is 10.2 Å². The Morgan fingerprint density at radius 3 is 1.74 bits per heavy atom. The molecule has 2 aliphatic heterocycles. The van der Waals surface area contributed by atoms with E-state index in [4.69, 9.17) is 0 Å². The van der Waals surface area contributed by atoms with Gasteiger partial charge in [0.15, 0.2) is 0 Å². The van der Waals surface area contributed by atoms with Gasteiger partial charge < -0.3 is 19.8 Å². The van der Waals surface area contributed by atoms with Crippen molar-refractivity contribution in [3.05, 3.63) is 13.3 Å². The van der Waals surface area contributed by atoms with Gasteiger partial charge in [0.25, 0.3) is 0 Å². The molecule has 2 fully saturated rings. The molecule has 0 radical (unpaired) electrons. The summed E-state index contributed by atoms with van der Waals surface area (Å²) in [5.74, 6) is 4.01. The van der Waals surface area contributed by atoms with Gasteiger partial charge in [-0.3, -0.25) is 0 Å². The first-order chi connectivity index (χ1) is 16.7. The van der Waals surface area contributed by atoms with E-state index in [2.05, 4.69) is 119 Å². The third-order valence-electron chi connectivity index (χ3n) is 8.01. The fraction of sp³-hybridized carbons (Fsp3) is 0.846. The van der Waals surface area contributed by atoms with Crippen LogP contribution in [0, 0.1) is 42.9 Å². The minimum absolute atomic E-state index is 0.575. The first kappa shape index (κ1) is 31.4. The molecule has 0 aromatic heterocycles. The second-order valence-electron chi connectivity index (χ2n) is 11.0. The zero-order valence-corrected chi connectivity index (χ0v) is 27.5. The maximum atomic E-state index is 4.56. The normalized spacial score (nSPS) is 32.6. The van der Waals surface area contributed by atoms with E-state index in [9.17, 15) is 0 Å². The molecule has 0 N–H and O–H groups in total. The van der Waals surface area contributed by atoms with Crippen LogP contribution in [0.4, 0.5) is 0 Å². The topological polar surface area (TPSA) is 37.7 Å². The molecule has 6 nitrogen and oxygen atoms in total. The molecule has 0 amide bonds. The van der Waals surface area contributed by atoms with Crippen LogP contribution in [-0.4, -0.2) is 57.7 Å². The van der Waals surface area contributed by atoms with Gasteiger partial charge in [0.2, 0.25) is 0 Å². The number of hydrogen-bond donors (Lipinski definition) is 0. The Labute approximate surface area is 237 Å². The molecule has 4 rings (SSSR count). The van der Waals surface area contributed by atoms with Crippen LogP contribution in [0.25, 0.3) is 0 Å². The van der Waals surface area contributed by atoms with Crippen molar-refractivity contribution < 1.29 is 13.9 Å². The van der Waals surface area contributed by atoms with Gasteiger partial charge in [-0.15, -0.1) is 13.3 Å². The summed E-state index contributed by atoms with van der Waals surface area (Å²) in [6, 6.07) is 1.22. The Morgan fingerprint density at radius 2 is 1.29 bits per heavy atom. The first-order valence-electron chi connectivity index (χ1n) is 13.4. The summed E-state index contributed by atoms with van der Waals surface area (Å²) in [6.07, 6.45) is 11.9. The van der Waals surface area contributed by atoms with Gasteiger partial charge in [0, 0.05) is 12.1 Å². The van der Waals surface area contributed by atoms with Crippen LogP contribution in [-0.2, 0) is 13.9 Å². The summed E-state index contributed by atoms with van der Waals surface area (Å²) < 4.78 is 0. The van der Waals surface area contributed by atoms with Gasteiger partial charge in [0.05, 0.1) is 12.7 Å². The summed E-state index contributed by atoms with van der Waals surface area (Å²) in [7, 11) is 0. The fourth-order valence-electron chi connectivity index (χ4n) is 5.67. The number of hydrogen-bond acceptors (Lipinski definition) is 6. The van der Waals surface area contributed by atoms with Crippen molar-refractivity contribution in [1.29, 1.82) is 0 Å². The van der Waals surface area contributed by atoms with Crippen LogP contribution in [0.1, 0.15) is 87.0 Å². The number of rotatable bonds is 5. The molecule has 9 heteroatoms. The summed E-state index contributed by atoms with van der Waals surface area (Å²) in [6.45, 7) is 22.5. The Morgan fingerprint density at radius 1 is 0.829 bits per heavy atom. The third kappa shape index (κ3) is 9.76. The molecule has 0 aromatic rings. The Hall–Kier alpha value is 0.162. The molecule has 0 unspecified atom stereocenters. The summed E-state index contributed by atoms with van der Waals surface area (Å²) in [5.41, 5.74) is 0. The van der Waals surface area contributed by atoms with Crippen LogP contribution >= 0.6 is 26.9 Å². The van der Waals surface area contributed by atoms with E-state index in [-0.39, 0.29) is 0 Å². The molecule has 0 spiro atoms. The Balaban J connectivity index is 0.000000223. The van der Waals surface area contributed by atoms with Gasteiger partial charge in [0.1, 0.15) is 0 Å². The van der Waals surface area contributed by atoms with Crippen molar-refractivity contribution in [2.24, 2.45) is 39.8 Å². The molecule has 2 heterocycles. The molecule has 6 atom stereocenters. The maximum absolute atomic E-state index is 4.56. The van der Waals surface area contributed by atoms with Crippen molar-refractivity contribution in [3.63, 3.8) is 0 Å². The molecule has 4 aliphatic rings. The van der Waals surface area contributed by atoms with Gasteiger partial charge in [-0.1, -0.05) is 47.5 Å². The monoisotopic (exact) mass is 708 g/mol. The van der Waals surface area contributed by atoms with E-state index in [0.29, 0.717) is 26.0 Å². The van der Waals surface area contributed by atoms with Crippen LogP contribution in [0.2, 0.25) is 0 Å². The van der Waals surface area contributed by atoms with E-state index in [1.165, 1.54) is 38.5 Å². The van der Waals surface area contributed by atoms with Gasteiger partial charge >= 0.3 is 40.8 Å². The molecule has 2 aliphatic carbocycles. The summed E-state index contributed by atoms with van der Waals surface area (Å²) in [4.78, 5) is 4.31. The second-order valence-corrected chi connectivity index (χ2v) is 18.2. The molecular formula is C26H48Br2N6Pd-2. The van der Waals surface area contributed by atoms with Crippen LogP contribution in [0.5, 0.6) is 0 Å². The average molecular weight is 711 g/mol. The Kier molecular flexibility index (Phi) is 14.5. The number of nitrogens with zero attached hydrogens (tertiary/aromatic N) is 6. The molecule has 35 heavy (non-hydrogen) atoms. The second kappa shape index (κ2) is 16.2. The van der Waals surface area contributed by atoms with E-state index < -0.39 is 0 Å². The van der Waals surface area contributed by atoms with E-state index in [0.717, 1.165) is 42.7 Å². The molecular weight excluding hydrogens is 663 g/mol. The zero-order chi connectivity index (χ0) is 26.0. The minimum atomic E-state index is 0.575. The standard InChI is InChI=1S/C14H26N3.C12H22N3.2BrH.Pd/c1-5-16-9-15-17(10-16)14-8-12(4)6-7-13(14)11(2)3;1-4-14-8-13-15(9-14)12-7-10(2)5-6-11(12)3;;;/h9-14H,5-8H2,1-4H3;8-12H,4-7H2,1-3H3;2*1H;/q2*-1;;;+2/p-2/t12-,13+,14+;10-,11-,12+;;;/m00.../s1. The molecule has 0 saturated heterocycles. The molecule has 2 saturated carbocycles. The van der Waals surface area contributed by atoms with Crippen LogP contribution < -0.4 is 0 Å². The van der Waals surface area contributed by atoms with Crippen molar-refractivity contribution >= 4 is 39.5 Å². The van der Waals surface area contributed by atoms with Gasteiger partial charge in [-0.25, -0.2) is 10.2 Å². The molecule has 0 bridgehead atoms. The SMILES string of the molecule is CCN1C=NN([C@@H]2C[C@@H](C)CC[C@@H]2C(C)C)[CH-]1.CCN1C=NN([C@@H]2C[C@@H](C)CC[C@@H]2C)[CH-]1.[Br][Pd][Br]. The van der Waals surface area contributed by atoms with Crippen molar-refractivity contribution in [2.45, 2.75) is 99.1 Å². The van der Waals surface area contributed by atoms with Crippen molar-refractivity contribution in [3.8, 4) is 0 Å². The van der Waals surface area contributed by atoms with Crippen molar-refractivity contribution in [1.82, 2.24) is 19.8 Å². The quantitative estimate of drug-likeness (QED) is 0.221. The summed E-state index contributed by atoms with van der Waals surface area (Å²) in [5, 5.41) is 13.4. The molecule has 0 aromatic carbocycles. The molecule has 208 valence electrons. The number of hydrazone groups is 2. The predicted molar refractivity (Wildman–Crippen MR) is 153 cm³/mol. The predicted octanol–water partition coefficient (Wildman–Crippen LogP) is 7.35. The van der Waals surface area contributed by atoms with E-state index in [1.54, 1.807) is 0 Å². The average Bonchev–Trinajstić information content (AvgIpc) is 3.51. The van der Waals surface area contributed by atoms with Gasteiger partial charge in [-0.05, 0) is 82.2 Å².